The predicted octanol–water partition coefficient (Wildman–Crippen LogP) is 1.35. The molecule has 0 aliphatic rings. The van der Waals surface area contributed by atoms with Crippen LogP contribution in [0.2, 0.25) is 0 Å². The molecule has 1 aromatic heterocycles. The van der Waals surface area contributed by atoms with Gasteiger partial charge in [0, 0.05) is 11.9 Å². The topological polar surface area (TPSA) is 70.7 Å². The molecule has 0 aliphatic carbocycles. The van der Waals surface area contributed by atoms with Crippen molar-refractivity contribution in [3.8, 4) is 0 Å². The Kier molecular flexibility index (Phi) is 4.26. The normalized spacial score (nSPS) is 11.4. The Bertz CT molecular complexity index is 310. The number of rotatable bonds is 5. The number of aromatic amines is 1. The number of nitrogens with one attached hydrogen (secondary N) is 2. The van der Waals surface area contributed by atoms with Gasteiger partial charge in [0.2, 0.25) is 0 Å². The fraction of sp³-hybridized carbons (Fsp3) is 0.667. The lowest BCUT2D eigenvalue weighted by molar-refractivity contribution is 0.0931. The lowest BCUT2D eigenvalue weighted by Crippen LogP contribution is -2.34. The SMILES string of the molecule is CC(C)(CCBr)CNC(=O)c1cn[nH]n1. The number of hydrogen-bond donors (Lipinski definition) is 2. The van der Waals surface area contributed by atoms with E-state index >= 15 is 0 Å². The molecule has 6 heteroatoms. The molecule has 0 unspecified atom stereocenters. The molecular weight excluding hydrogens is 260 g/mol. The van der Waals surface area contributed by atoms with Crippen molar-refractivity contribution in [3.63, 3.8) is 0 Å². The summed E-state index contributed by atoms with van der Waals surface area (Å²) in [6.45, 7) is 4.85. The van der Waals surface area contributed by atoms with E-state index < -0.39 is 0 Å². The van der Waals surface area contributed by atoms with Crippen LogP contribution in [-0.2, 0) is 0 Å². The highest BCUT2D eigenvalue weighted by atomic mass is 79.9. The number of H-pyrrole nitrogens is 1. The minimum atomic E-state index is -0.189. The lowest BCUT2D eigenvalue weighted by atomic mass is 9.90. The molecule has 1 amide bonds. The smallest absolute Gasteiger partial charge is 0.273 e. The Hall–Kier alpha value is -0.910. The largest absolute Gasteiger partial charge is 0.350 e. The van der Waals surface area contributed by atoms with Crippen molar-refractivity contribution in [1.29, 1.82) is 0 Å². The molecule has 0 fully saturated rings. The quantitative estimate of drug-likeness (QED) is 0.797. The van der Waals surface area contributed by atoms with Gasteiger partial charge in [-0.25, -0.2) is 0 Å². The van der Waals surface area contributed by atoms with Gasteiger partial charge in [0.1, 0.15) is 0 Å². The van der Waals surface area contributed by atoms with Crippen LogP contribution in [-0.4, -0.2) is 33.2 Å². The monoisotopic (exact) mass is 274 g/mol. The second-order valence-electron chi connectivity index (χ2n) is 4.14. The molecule has 0 spiro atoms. The van der Waals surface area contributed by atoms with Crippen molar-refractivity contribution in [2.45, 2.75) is 20.3 Å². The molecule has 2 N–H and O–H groups in total. The van der Waals surface area contributed by atoms with Gasteiger partial charge in [-0.05, 0) is 11.8 Å². The van der Waals surface area contributed by atoms with Crippen LogP contribution < -0.4 is 5.32 Å². The van der Waals surface area contributed by atoms with Gasteiger partial charge in [-0.2, -0.15) is 15.4 Å². The molecule has 15 heavy (non-hydrogen) atoms. The van der Waals surface area contributed by atoms with Crippen LogP contribution in [0.1, 0.15) is 30.8 Å². The minimum absolute atomic E-state index is 0.0862. The van der Waals surface area contributed by atoms with E-state index in [2.05, 4.69) is 50.5 Å². The van der Waals surface area contributed by atoms with E-state index in [9.17, 15) is 4.79 Å². The first-order chi connectivity index (χ1) is 7.05. The summed E-state index contributed by atoms with van der Waals surface area (Å²) in [6, 6.07) is 0. The van der Waals surface area contributed by atoms with Crippen molar-refractivity contribution >= 4 is 21.8 Å². The highest BCUT2D eigenvalue weighted by Gasteiger charge is 2.19. The molecule has 0 radical (unpaired) electrons. The highest BCUT2D eigenvalue weighted by molar-refractivity contribution is 9.09. The third-order valence-corrected chi connectivity index (χ3v) is 2.54. The fourth-order valence-corrected chi connectivity index (χ4v) is 2.14. The number of amides is 1. The number of carbonyl (C=O) groups excluding carboxylic acids is 1. The van der Waals surface area contributed by atoms with Crippen LogP contribution in [0.5, 0.6) is 0 Å². The Morgan fingerprint density at radius 3 is 2.93 bits per heavy atom. The molecule has 1 rings (SSSR count). The van der Waals surface area contributed by atoms with Gasteiger partial charge in [0.05, 0.1) is 6.20 Å². The zero-order valence-corrected chi connectivity index (χ0v) is 10.5. The molecule has 0 saturated heterocycles. The molecule has 0 aliphatic heterocycles. The van der Waals surface area contributed by atoms with Gasteiger partial charge in [0.25, 0.3) is 5.91 Å². The molecule has 0 saturated carbocycles. The number of halogens is 1. The maximum absolute atomic E-state index is 11.5. The van der Waals surface area contributed by atoms with E-state index in [-0.39, 0.29) is 11.3 Å². The first kappa shape index (κ1) is 12.2. The van der Waals surface area contributed by atoms with Crippen molar-refractivity contribution in [1.82, 2.24) is 20.7 Å². The van der Waals surface area contributed by atoms with Crippen molar-refractivity contribution in [2.24, 2.45) is 5.41 Å². The van der Waals surface area contributed by atoms with Crippen LogP contribution in [0, 0.1) is 5.41 Å². The van der Waals surface area contributed by atoms with Gasteiger partial charge in [0.15, 0.2) is 5.69 Å². The third-order valence-electron chi connectivity index (χ3n) is 2.15. The first-order valence-corrected chi connectivity index (χ1v) is 5.87. The zero-order chi connectivity index (χ0) is 11.3. The summed E-state index contributed by atoms with van der Waals surface area (Å²) in [5, 5.41) is 13.4. The Balaban J connectivity index is 2.40. The minimum Gasteiger partial charge on any atom is -0.350 e. The van der Waals surface area contributed by atoms with Gasteiger partial charge < -0.3 is 5.32 Å². The Morgan fingerprint density at radius 1 is 1.67 bits per heavy atom. The summed E-state index contributed by atoms with van der Waals surface area (Å²) < 4.78 is 0. The van der Waals surface area contributed by atoms with Crippen molar-refractivity contribution in [2.75, 3.05) is 11.9 Å². The van der Waals surface area contributed by atoms with Crippen molar-refractivity contribution in [3.05, 3.63) is 11.9 Å². The fourth-order valence-electron chi connectivity index (χ4n) is 1.07. The summed E-state index contributed by atoms with van der Waals surface area (Å²) in [5.41, 5.74) is 0.410. The first-order valence-electron chi connectivity index (χ1n) is 4.75. The second-order valence-corrected chi connectivity index (χ2v) is 4.93. The second kappa shape index (κ2) is 5.25. The van der Waals surface area contributed by atoms with E-state index in [0.29, 0.717) is 12.2 Å². The molecular formula is C9H15BrN4O. The number of alkyl halides is 1. The molecule has 5 nitrogen and oxygen atoms in total. The molecule has 0 bridgehead atoms. The zero-order valence-electron chi connectivity index (χ0n) is 8.88. The van der Waals surface area contributed by atoms with E-state index in [0.717, 1.165) is 11.8 Å². The van der Waals surface area contributed by atoms with Gasteiger partial charge >= 0.3 is 0 Å². The van der Waals surface area contributed by atoms with Crippen LogP contribution in [0.3, 0.4) is 0 Å². The highest BCUT2D eigenvalue weighted by Crippen LogP contribution is 2.19. The van der Waals surface area contributed by atoms with Gasteiger partial charge in [-0.15, -0.1) is 0 Å². The van der Waals surface area contributed by atoms with E-state index in [1.54, 1.807) is 0 Å². The average molecular weight is 275 g/mol. The number of carbonyl (C=O) groups is 1. The summed E-state index contributed by atoms with van der Waals surface area (Å²) in [4.78, 5) is 11.5. The van der Waals surface area contributed by atoms with E-state index in [1.807, 2.05) is 0 Å². The van der Waals surface area contributed by atoms with Gasteiger partial charge in [-0.3, -0.25) is 4.79 Å². The molecule has 1 heterocycles. The molecule has 84 valence electrons. The maximum Gasteiger partial charge on any atom is 0.273 e. The number of hydrogen-bond acceptors (Lipinski definition) is 3. The molecule has 0 atom stereocenters. The summed E-state index contributed by atoms with van der Waals surface area (Å²) >= 11 is 3.39. The standard InChI is InChI=1S/C9H15BrN4O/c1-9(2,3-4-10)6-11-8(15)7-5-12-14-13-7/h5H,3-4,6H2,1-2H3,(H,11,15)(H,12,13,14). The lowest BCUT2D eigenvalue weighted by Gasteiger charge is -2.23. The van der Waals surface area contributed by atoms with Crippen LogP contribution in [0.4, 0.5) is 0 Å². The van der Waals surface area contributed by atoms with Gasteiger partial charge in [-0.1, -0.05) is 29.8 Å². The van der Waals surface area contributed by atoms with E-state index in [4.69, 9.17) is 0 Å². The summed E-state index contributed by atoms with van der Waals surface area (Å²) in [7, 11) is 0. The van der Waals surface area contributed by atoms with E-state index in [1.165, 1.54) is 6.20 Å². The number of nitrogens with zero attached hydrogens (tertiary/aromatic N) is 2. The van der Waals surface area contributed by atoms with Crippen LogP contribution >= 0.6 is 15.9 Å². The van der Waals surface area contributed by atoms with Crippen LogP contribution in [0.25, 0.3) is 0 Å². The predicted molar refractivity (Wildman–Crippen MR) is 60.9 cm³/mol. The molecule has 0 aromatic carbocycles. The Morgan fingerprint density at radius 2 is 2.40 bits per heavy atom. The van der Waals surface area contributed by atoms with Crippen LogP contribution in [0.15, 0.2) is 6.20 Å². The molecule has 1 aromatic rings. The average Bonchev–Trinajstić information content (AvgIpc) is 2.67. The summed E-state index contributed by atoms with van der Waals surface area (Å²) in [6.07, 6.45) is 2.42. The summed E-state index contributed by atoms with van der Waals surface area (Å²) in [5.74, 6) is -0.189. The Labute approximate surface area is 97.2 Å². The maximum atomic E-state index is 11.5. The van der Waals surface area contributed by atoms with Crippen molar-refractivity contribution < 1.29 is 4.79 Å². The number of aromatic nitrogens is 3. The third kappa shape index (κ3) is 3.99.